The molecule has 2 unspecified atom stereocenters. The van der Waals surface area contributed by atoms with Gasteiger partial charge in [0, 0.05) is 38.4 Å². The first-order chi connectivity index (χ1) is 12.7. The Hall–Kier alpha value is -1.75. The van der Waals surface area contributed by atoms with E-state index in [-0.39, 0.29) is 6.61 Å². The summed E-state index contributed by atoms with van der Waals surface area (Å²) in [6.45, 7) is 6.87. The van der Waals surface area contributed by atoms with Gasteiger partial charge in [0.2, 0.25) is 0 Å². The fourth-order valence-electron chi connectivity index (χ4n) is 2.94. The van der Waals surface area contributed by atoms with Crippen molar-refractivity contribution in [3.8, 4) is 12.3 Å². The highest BCUT2D eigenvalue weighted by molar-refractivity contribution is 5.49. The van der Waals surface area contributed by atoms with Crippen molar-refractivity contribution in [3.63, 3.8) is 0 Å². The first kappa shape index (κ1) is 21.5. The Morgan fingerprint density at radius 1 is 1.26 bits per heavy atom. The van der Waals surface area contributed by atoms with Crippen molar-refractivity contribution in [2.45, 2.75) is 38.1 Å². The van der Waals surface area contributed by atoms with Gasteiger partial charge in [-0.15, -0.1) is 6.42 Å². The minimum atomic E-state index is -4.34. The second-order valence-corrected chi connectivity index (χ2v) is 7.03. The zero-order valence-corrected chi connectivity index (χ0v) is 15.8. The van der Waals surface area contributed by atoms with Crippen LogP contribution < -0.4 is 4.90 Å². The second kappa shape index (κ2) is 8.96. The fourth-order valence-corrected chi connectivity index (χ4v) is 2.94. The van der Waals surface area contributed by atoms with Crippen LogP contribution >= 0.6 is 0 Å². The number of aliphatic hydroxyl groups excluding tert-OH is 1. The Kier molecular flexibility index (Phi) is 7.15. The predicted molar refractivity (Wildman–Crippen MR) is 99.6 cm³/mol. The lowest BCUT2D eigenvalue weighted by atomic mass is 10.1. The number of benzene rings is 1. The molecule has 7 heteroatoms. The number of alkyl halides is 3. The highest BCUT2D eigenvalue weighted by Gasteiger charge is 2.31. The molecule has 0 aliphatic carbocycles. The van der Waals surface area contributed by atoms with Crippen LogP contribution in [0, 0.1) is 12.3 Å². The largest absolute Gasteiger partial charge is 0.416 e. The molecule has 27 heavy (non-hydrogen) atoms. The maximum atomic E-state index is 12.9. The van der Waals surface area contributed by atoms with Crippen molar-refractivity contribution < 1.29 is 23.0 Å². The third kappa shape index (κ3) is 6.13. The molecule has 4 nitrogen and oxygen atoms in total. The zero-order chi connectivity index (χ0) is 20.1. The Labute approximate surface area is 158 Å². The van der Waals surface area contributed by atoms with Crippen molar-refractivity contribution in [3.05, 3.63) is 29.8 Å². The van der Waals surface area contributed by atoms with Crippen molar-refractivity contribution in [2.24, 2.45) is 0 Å². The van der Waals surface area contributed by atoms with Gasteiger partial charge in [-0.2, -0.15) is 13.2 Å². The third-order valence-corrected chi connectivity index (χ3v) is 4.95. The van der Waals surface area contributed by atoms with Gasteiger partial charge >= 0.3 is 6.18 Å². The van der Waals surface area contributed by atoms with Gasteiger partial charge in [0.15, 0.2) is 0 Å². The number of β-amino-alcohol motifs (C(OH)–C–C–N with tert-alkyl or cyclic N) is 1. The molecular formula is C20H27F3N2O2. The summed E-state index contributed by atoms with van der Waals surface area (Å²) in [6, 6.07) is 5.39. The summed E-state index contributed by atoms with van der Waals surface area (Å²) in [4.78, 5) is 4.01. The smallest absolute Gasteiger partial charge is 0.389 e. The molecule has 0 bridgehead atoms. The summed E-state index contributed by atoms with van der Waals surface area (Å²) in [6.07, 6.45) is 1.11. The van der Waals surface area contributed by atoms with Gasteiger partial charge in [-0.05, 0) is 31.5 Å². The Bertz CT molecular complexity index is 651. The number of ether oxygens (including phenoxy) is 1. The quantitative estimate of drug-likeness (QED) is 0.734. The molecule has 2 atom stereocenters. The monoisotopic (exact) mass is 384 g/mol. The molecule has 2 rings (SSSR count). The summed E-state index contributed by atoms with van der Waals surface area (Å²) < 4.78 is 44.2. The molecule has 0 amide bonds. The highest BCUT2D eigenvalue weighted by Crippen LogP contribution is 2.31. The average Bonchev–Trinajstić information content (AvgIpc) is 2.66. The van der Waals surface area contributed by atoms with E-state index in [1.54, 1.807) is 6.07 Å². The Balaban J connectivity index is 1.83. The fraction of sp³-hybridized carbons (Fsp3) is 0.600. The molecular weight excluding hydrogens is 357 g/mol. The summed E-state index contributed by atoms with van der Waals surface area (Å²) in [5.74, 6) is 2.59. The number of halogens is 3. The number of rotatable bonds is 7. The summed E-state index contributed by atoms with van der Waals surface area (Å²) in [7, 11) is 0. The average molecular weight is 384 g/mol. The minimum absolute atomic E-state index is 0.155. The maximum Gasteiger partial charge on any atom is 0.416 e. The molecule has 1 aliphatic rings. The lowest BCUT2D eigenvalue weighted by Gasteiger charge is -2.37. The van der Waals surface area contributed by atoms with E-state index in [0.29, 0.717) is 44.8 Å². The standard InChI is InChI=1S/C20H27F3N2O2/c1-4-19(3,5-2)27-15-18(26)14-24-9-11-25(12-10-24)17-8-6-7-16(13-17)20(21,22)23/h1,6-8,13,18,26H,5,9-12,14-15H2,2-3H3. The van der Waals surface area contributed by atoms with Gasteiger partial charge in [0.05, 0.1) is 18.3 Å². The summed E-state index contributed by atoms with van der Waals surface area (Å²) in [5, 5.41) is 10.2. The van der Waals surface area contributed by atoms with E-state index in [1.807, 2.05) is 18.7 Å². The number of terminal acetylenes is 1. The summed E-state index contributed by atoms with van der Waals surface area (Å²) in [5.41, 5.74) is -0.744. The lowest BCUT2D eigenvalue weighted by molar-refractivity contribution is -0.137. The van der Waals surface area contributed by atoms with Gasteiger partial charge in [0.1, 0.15) is 5.60 Å². The van der Waals surface area contributed by atoms with E-state index in [0.717, 1.165) is 6.07 Å². The SMILES string of the molecule is C#CC(C)(CC)OCC(O)CN1CCN(c2cccc(C(F)(F)F)c2)CC1. The Morgan fingerprint density at radius 2 is 1.93 bits per heavy atom. The molecule has 1 heterocycles. The van der Waals surface area contributed by atoms with Crippen molar-refractivity contribution >= 4 is 5.69 Å². The van der Waals surface area contributed by atoms with E-state index < -0.39 is 23.4 Å². The van der Waals surface area contributed by atoms with Crippen molar-refractivity contribution in [1.29, 1.82) is 0 Å². The van der Waals surface area contributed by atoms with Crippen LogP contribution in [0.3, 0.4) is 0 Å². The van der Waals surface area contributed by atoms with Crippen LogP contribution in [0.15, 0.2) is 24.3 Å². The molecule has 0 radical (unpaired) electrons. The van der Waals surface area contributed by atoms with E-state index in [4.69, 9.17) is 11.2 Å². The normalized spacial score (nSPS) is 19.4. The maximum absolute atomic E-state index is 12.9. The molecule has 0 aromatic heterocycles. The molecule has 1 N–H and O–H groups in total. The van der Waals surface area contributed by atoms with Gasteiger partial charge in [-0.1, -0.05) is 18.9 Å². The van der Waals surface area contributed by atoms with E-state index in [2.05, 4.69) is 10.8 Å². The van der Waals surface area contributed by atoms with Crippen LogP contribution in [0.5, 0.6) is 0 Å². The van der Waals surface area contributed by atoms with Gasteiger partial charge < -0.3 is 14.7 Å². The predicted octanol–water partition coefficient (Wildman–Crippen LogP) is 3.01. The number of nitrogens with zero attached hydrogens (tertiary/aromatic N) is 2. The number of hydrogen-bond acceptors (Lipinski definition) is 4. The number of anilines is 1. The Morgan fingerprint density at radius 3 is 2.48 bits per heavy atom. The number of hydrogen-bond donors (Lipinski definition) is 1. The minimum Gasteiger partial charge on any atom is -0.389 e. The summed E-state index contributed by atoms with van der Waals surface area (Å²) >= 11 is 0. The first-order valence-corrected chi connectivity index (χ1v) is 9.11. The topological polar surface area (TPSA) is 35.9 Å². The molecule has 0 saturated carbocycles. The number of aliphatic hydroxyl groups is 1. The van der Waals surface area contributed by atoms with Gasteiger partial charge in [-0.25, -0.2) is 0 Å². The molecule has 150 valence electrons. The van der Waals surface area contributed by atoms with Gasteiger partial charge in [0.25, 0.3) is 0 Å². The van der Waals surface area contributed by atoms with Crippen LogP contribution in [0.4, 0.5) is 18.9 Å². The van der Waals surface area contributed by atoms with Crippen LogP contribution in [0.2, 0.25) is 0 Å². The molecule has 1 fully saturated rings. The van der Waals surface area contributed by atoms with Crippen molar-refractivity contribution in [2.75, 3.05) is 44.2 Å². The molecule has 1 aliphatic heterocycles. The molecule has 1 saturated heterocycles. The van der Waals surface area contributed by atoms with Crippen molar-refractivity contribution in [1.82, 2.24) is 4.90 Å². The zero-order valence-electron chi connectivity index (χ0n) is 15.8. The van der Waals surface area contributed by atoms with Crippen LogP contribution in [-0.2, 0) is 10.9 Å². The third-order valence-electron chi connectivity index (χ3n) is 4.95. The lowest BCUT2D eigenvalue weighted by Crippen LogP contribution is -2.49. The van der Waals surface area contributed by atoms with Crippen LogP contribution in [0.1, 0.15) is 25.8 Å². The van der Waals surface area contributed by atoms with E-state index >= 15 is 0 Å². The molecule has 1 aromatic carbocycles. The van der Waals surface area contributed by atoms with E-state index in [9.17, 15) is 18.3 Å². The molecule has 1 aromatic rings. The van der Waals surface area contributed by atoms with Crippen LogP contribution in [0.25, 0.3) is 0 Å². The van der Waals surface area contributed by atoms with Gasteiger partial charge in [-0.3, -0.25) is 4.90 Å². The molecule has 0 spiro atoms. The second-order valence-electron chi connectivity index (χ2n) is 7.03. The van der Waals surface area contributed by atoms with E-state index in [1.165, 1.54) is 12.1 Å². The first-order valence-electron chi connectivity index (χ1n) is 9.11. The number of piperazine rings is 1. The highest BCUT2D eigenvalue weighted by atomic mass is 19.4. The van der Waals surface area contributed by atoms with Crippen LogP contribution in [-0.4, -0.2) is 61.0 Å².